The molecule has 17 heavy (non-hydrogen) atoms. The van der Waals surface area contributed by atoms with Crippen LogP contribution in [0.15, 0.2) is 0 Å². The molecule has 3 nitrogen and oxygen atoms in total. The van der Waals surface area contributed by atoms with E-state index in [0.29, 0.717) is 18.7 Å². The van der Waals surface area contributed by atoms with Crippen LogP contribution >= 0.6 is 0 Å². The van der Waals surface area contributed by atoms with Crippen LogP contribution < -0.4 is 5.73 Å². The van der Waals surface area contributed by atoms with Crippen LogP contribution in [0.5, 0.6) is 0 Å². The minimum absolute atomic E-state index is 0.0571. The first-order valence-corrected chi connectivity index (χ1v) is 7.08. The molecule has 0 aromatic heterocycles. The molecule has 1 rings (SSSR count). The molecule has 0 aromatic rings. The van der Waals surface area contributed by atoms with Crippen molar-refractivity contribution in [2.45, 2.75) is 70.1 Å². The van der Waals surface area contributed by atoms with E-state index in [-0.39, 0.29) is 5.54 Å². The molecule has 1 aliphatic rings. The molecule has 3 unspecified atom stereocenters. The summed E-state index contributed by atoms with van der Waals surface area (Å²) in [5.41, 5.74) is 6.17. The monoisotopic (exact) mass is 242 g/mol. The summed E-state index contributed by atoms with van der Waals surface area (Å²) in [6, 6.07) is 0.583. The Kier molecular flexibility index (Phi) is 5.90. The van der Waals surface area contributed by atoms with Crippen LogP contribution in [0, 0.1) is 0 Å². The number of likely N-dealkylation sites (N-methyl/N-ethyl adjacent to an activating group) is 1. The van der Waals surface area contributed by atoms with Gasteiger partial charge in [-0.3, -0.25) is 4.90 Å². The van der Waals surface area contributed by atoms with Crippen molar-refractivity contribution in [3.63, 3.8) is 0 Å². The molecule has 1 saturated carbocycles. The van der Waals surface area contributed by atoms with Gasteiger partial charge in [-0.1, -0.05) is 26.2 Å². The van der Waals surface area contributed by atoms with Crippen molar-refractivity contribution in [3.05, 3.63) is 0 Å². The molecule has 0 bridgehead atoms. The zero-order valence-electron chi connectivity index (χ0n) is 12.0. The van der Waals surface area contributed by atoms with Crippen molar-refractivity contribution < 1.29 is 4.74 Å². The zero-order valence-corrected chi connectivity index (χ0v) is 12.0. The number of nitrogens with two attached hydrogens (primary N) is 1. The Hall–Kier alpha value is -0.120. The molecule has 3 atom stereocenters. The fourth-order valence-corrected chi connectivity index (χ4v) is 3.36. The van der Waals surface area contributed by atoms with Crippen molar-refractivity contribution in [2.24, 2.45) is 5.73 Å². The normalized spacial score (nSPS) is 31.8. The molecule has 3 heteroatoms. The number of methoxy groups -OCH3 is 1. The number of hydrogen-bond acceptors (Lipinski definition) is 3. The standard InChI is InChI=1S/C14H30N2O/c1-5-8-12(2)16(3)14(11-15)10-7-6-9-13(14)17-4/h12-13H,5-11,15H2,1-4H3. The van der Waals surface area contributed by atoms with Gasteiger partial charge in [0.05, 0.1) is 11.6 Å². The second-order valence-corrected chi connectivity index (χ2v) is 5.53. The van der Waals surface area contributed by atoms with Gasteiger partial charge in [0.1, 0.15) is 0 Å². The largest absolute Gasteiger partial charge is 0.379 e. The van der Waals surface area contributed by atoms with Gasteiger partial charge in [0.15, 0.2) is 0 Å². The van der Waals surface area contributed by atoms with E-state index in [1.165, 1.54) is 32.1 Å². The van der Waals surface area contributed by atoms with Crippen molar-refractivity contribution in [1.82, 2.24) is 4.90 Å². The highest BCUT2D eigenvalue weighted by Crippen LogP contribution is 2.35. The van der Waals surface area contributed by atoms with E-state index in [1.807, 2.05) is 7.11 Å². The van der Waals surface area contributed by atoms with E-state index < -0.39 is 0 Å². The Morgan fingerprint density at radius 1 is 1.47 bits per heavy atom. The van der Waals surface area contributed by atoms with Crippen molar-refractivity contribution >= 4 is 0 Å². The van der Waals surface area contributed by atoms with Crippen LogP contribution in [-0.4, -0.2) is 43.3 Å². The molecule has 0 amide bonds. The Balaban J connectivity index is 2.83. The van der Waals surface area contributed by atoms with Gasteiger partial charge in [-0.05, 0) is 33.2 Å². The molecule has 0 saturated heterocycles. The first-order chi connectivity index (χ1) is 8.12. The summed E-state index contributed by atoms with van der Waals surface area (Å²) < 4.78 is 5.73. The summed E-state index contributed by atoms with van der Waals surface area (Å²) in [7, 11) is 4.06. The van der Waals surface area contributed by atoms with Crippen LogP contribution in [0.3, 0.4) is 0 Å². The molecule has 1 aliphatic carbocycles. The Labute approximate surface area is 107 Å². The quantitative estimate of drug-likeness (QED) is 0.777. The van der Waals surface area contributed by atoms with Crippen molar-refractivity contribution in [1.29, 1.82) is 0 Å². The van der Waals surface area contributed by atoms with Gasteiger partial charge in [0.2, 0.25) is 0 Å². The van der Waals surface area contributed by atoms with Crippen LogP contribution in [0.2, 0.25) is 0 Å². The lowest BCUT2D eigenvalue weighted by Crippen LogP contribution is -2.63. The SMILES string of the molecule is CCCC(C)N(C)C1(CN)CCCCC1OC. The molecule has 1 fully saturated rings. The van der Waals surface area contributed by atoms with E-state index >= 15 is 0 Å². The van der Waals surface area contributed by atoms with Crippen LogP contribution in [0.1, 0.15) is 52.4 Å². The predicted molar refractivity (Wildman–Crippen MR) is 73.2 cm³/mol. The predicted octanol–water partition coefficient (Wildman–Crippen LogP) is 2.39. The Morgan fingerprint density at radius 2 is 2.18 bits per heavy atom. The zero-order chi connectivity index (χ0) is 12.9. The van der Waals surface area contributed by atoms with Gasteiger partial charge >= 0.3 is 0 Å². The molecule has 0 aromatic carbocycles. The average molecular weight is 242 g/mol. The highest BCUT2D eigenvalue weighted by atomic mass is 16.5. The summed E-state index contributed by atoms with van der Waals surface area (Å²) >= 11 is 0. The molecule has 0 spiro atoms. The van der Waals surface area contributed by atoms with Crippen LogP contribution in [0.4, 0.5) is 0 Å². The second-order valence-electron chi connectivity index (χ2n) is 5.53. The topological polar surface area (TPSA) is 38.5 Å². The molecule has 0 heterocycles. The number of hydrogen-bond donors (Lipinski definition) is 1. The van der Waals surface area contributed by atoms with E-state index in [9.17, 15) is 0 Å². The van der Waals surface area contributed by atoms with E-state index in [1.54, 1.807) is 0 Å². The average Bonchev–Trinajstić information content (AvgIpc) is 2.37. The minimum Gasteiger partial charge on any atom is -0.379 e. The number of nitrogens with zero attached hydrogens (tertiary/aromatic N) is 1. The lowest BCUT2D eigenvalue weighted by Gasteiger charge is -2.51. The molecule has 102 valence electrons. The van der Waals surface area contributed by atoms with E-state index in [0.717, 1.165) is 6.42 Å². The second kappa shape index (κ2) is 6.72. The molecule has 0 aliphatic heterocycles. The maximum atomic E-state index is 6.12. The molecular weight excluding hydrogens is 212 g/mol. The third kappa shape index (κ3) is 3.01. The number of rotatable bonds is 6. The van der Waals surface area contributed by atoms with Gasteiger partial charge in [0, 0.05) is 19.7 Å². The fourth-order valence-electron chi connectivity index (χ4n) is 3.36. The summed E-state index contributed by atoms with van der Waals surface area (Å²) in [4.78, 5) is 2.49. The first kappa shape index (κ1) is 14.9. The smallest absolute Gasteiger partial charge is 0.0767 e. The highest BCUT2D eigenvalue weighted by Gasteiger charge is 2.44. The third-order valence-corrected chi connectivity index (χ3v) is 4.63. The molecule has 0 radical (unpaired) electrons. The highest BCUT2D eigenvalue weighted by molar-refractivity contribution is 5.01. The summed E-state index contributed by atoms with van der Waals surface area (Å²) in [5.74, 6) is 0. The van der Waals surface area contributed by atoms with Crippen LogP contribution in [-0.2, 0) is 4.74 Å². The van der Waals surface area contributed by atoms with Crippen molar-refractivity contribution in [3.8, 4) is 0 Å². The van der Waals surface area contributed by atoms with Gasteiger partial charge < -0.3 is 10.5 Å². The summed E-state index contributed by atoms with van der Waals surface area (Å²) in [5, 5.41) is 0. The fraction of sp³-hybridized carbons (Fsp3) is 1.00. The van der Waals surface area contributed by atoms with E-state index in [4.69, 9.17) is 10.5 Å². The molecule has 2 N–H and O–H groups in total. The van der Waals surface area contributed by atoms with E-state index in [2.05, 4.69) is 25.8 Å². The Morgan fingerprint density at radius 3 is 2.71 bits per heavy atom. The summed E-state index contributed by atoms with van der Waals surface area (Å²) in [6.45, 7) is 5.26. The first-order valence-electron chi connectivity index (χ1n) is 7.08. The Bertz CT molecular complexity index is 222. The van der Waals surface area contributed by atoms with Gasteiger partial charge in [-0.15, -0.1) is 0 Å². The lowest BCUT2D eigenvalue weighted by molar-refractivity contribution is -0.0792. The molecular formula is C14H30N2O. The maximum Gasteiger partial charge on any atom is 0.0767 e. The van der Waals surface area contributed by atoms with Crippen LogP contribution in [0.25, 0.3) is 0 Å². The lowest BCUT2D eigenvalue weighted by atomic mass is 9.77. The van der Waals surface area contributed by atoms with Gasteiger partial charge in [-0.25, -0.2) is 0 Å². The van der Waals surface area contributed by atoms with Gasteiger partial charge in [0.25, 0.3) is 0 Å². The summed E-state index contributed by atoms with van der Waals surface area (Å²) in [6.07, 6.45) is 7.63. The maximum absolute atomic E-state index is 6.12. The number of ether oxygens (including phenoxy) is 1. The van der Waals surface area contributed by atoms with Crippen molar-refractivity contribution in [2.75, 3.05) is 20.7 Å². The third-order valence-electron chi connectivity index (χ3n) is 4.63. The van der Waals surface area contributed by atoms with Gasteiger partial charge in [-0.2, -0.15) is 0 Å². The minimum atomic E-state index is 0.0571.